The number of nitrogens with one attached hydrogen (secondary N) is 1. The first-order valence-corrected chi connectivity index (χ1v) is 12.9. The minimum atomic E-state index is -0.451. The Morgan fingerprint density at radius 2 is 2.08 bits per heavy atom. The van der Waals surface area contributed by atoms with E-state index >= 15 is 0 Å². The average molecular weight is 519 g/mol. The SMILES string of the molecule is CO[C@@H]1CC[C@H]1Oc1cc(NC(=O)N2CCCc3cc(CN4CC[C@H](C)C4=O)c(C=O)nc32)ncc1C#N. The second-order valence-corrected chi connectivity index (χ2v) is 9.95. The van der Waals surface area contributed by atoms with Gasteiger partial charge in [0.25, 0.3) is 0 Å². The summed E-state index contributed by atoms with van der Waals surface area (Å²) >= 11 is 0. The average Bonchev–Trinajstić information content (AvgIpc) is 3.22. The van der Waals surface area contributed by atoms with Crippen LogP contribution in [0.2, 0.25) is 0 Å². The van der Waals surface area contributed by atoms with E-state index in [1.54, 1.807) is 12.0 Å². The van der Waals surface area contributed by atoms with Gasteiger partial charge in [-0.3, -0.25) is 19.8 Å². The number of aldehydes is 1. The summed E-state index contributed by atoms with van der Waals surface area (Å²) < 4.78 is 11.4. The van der Waals surface area contributed by atoms with Gasteiger partial charge in [0.05, 0.1) is 12.3 Å². The number of amides is 3. The molecule has 1 saturated heterocycles. The molecule has 3 aliphatic rings. The lowest BCUT2D eigenvalue weighted by atomic mass is 9.92. The highest BCUT2D eigenvalue weighted by Gasteiger charge is 2.34. The largest absolute Gasteiger partial charge is 0.486 e. The molecule has 0 unspecified atom stereocenters. The van der Waals surface area contributed by atoms with Gasteiger partial charge < -0.3 is 14.4 Å². The lowest BCUT2D eigenvalue weighted by Crippen LogP contribution is -2.42. The van der Waals surface area contributed by atoms with Crippen molar-refractivity contribution in [3.63, 3.8) is 0 Å². The summed E-state index contributed by atoms with van der Waals surface area (Å²) in [4.78, 5) is 49.6. The van der Waals surface area contributed by atoms with E-state index in [4.69, 9.17) is 9.47 Å². The number of hydrogen-bond acceptors (Lipinski definition) is 8. The highest BCUT2D eigenvalue weighted by molar-refractivity contribution is 6.01. The maximum Gasteiger partial charge on any atom is 0.328 e. The van der Waals surface area contributed by atoms with Gasteiger partial charge >= 0.3 is 6.03 Å². The second-order valence-electron chi connectivity index (χ2n) is 9.95. The molecule has 2 aliphatic heterocycles. The summed E-state index contributed by atoms with van der Waals surface area (Å²) in [5.74, 6) is 1.05. The number of aromatic nitrogens is 2. The standard InChI is InChI=1S/C27H30N6O5/c1-16-7-9-32(26(16)35)14-18-10-17-4-3-8-33(25(17)30-20(18)15-34)27(36)31-24-11-23(19(12-28)13-29-24)38-22-6-5-21(22)37-2/h10-11,13,15-16,21-22H,3-9,14H2,1-2H3,(H,29,31,36)/t16-,21+,22+/m0/s1. The molecule has 4 heterocycles. The van der Waals surface area contributed by atoms with Crippen molar-refractivity contribution in [1.29, 1.82) is 5.26 Å². The van der Waals surface area contributed by atoms with Crippen molar-refractivity contribution in [3.05, 3.63) is 40.7 Å². The van der Waals surface area contributed by atoms with E-state index in [2.05, 4.69) is 21.4 Å². The monoisotopic (exact) mass is 518 g/mol. The van der Waals surface area contributed by atoms with Gasteiger partial charge in [-0.05, 0) is 43.7 Å². The Morgan fingerprint density at radius 1 is 1.26 bits per heavy atom. The van der Waals surface area contributed by atoms with Crippen LogP contribution < -0.4 is 15.0 Å². The van der Waals surface area contributed by atoms with Gasteiger partial charge in [-0.2, -0.15) is 5.26 Å². The fourth-order valence-electron chi connectivity index (χ4n) is 5.11. The normalized spacial score (nSPS) is 22.3. The molecule has 0 radical (unpaired) electrons. The van der Waals surface area contributed by atoms with Gasteiger partial charge in [0, 0.05) is 44.3 Å². The Hall–Kier alpha value is -4.04. The first kappa shape index (κ1) is 25.6. The third-order valence-corrected chi connectivity index (χ3v) is 7.51. The van der Waals surface area contributed by atoms with Crippen molar-refractivity contribution in [2.75, 3.05) is 30.4 Å². The highest BCUT2D eigenvalue weighted by Crippen LogP contribution is 2.32. The zero-order valence-corrected chi connectivity index (χ0v) is 21.5. The van der Waals surface area contributed by atoms with Crippen LogP contribution in [0.15, 0.2) is 18.3 Å². The van der Waals surface area contributed by atoms with Gasteiger partial charge in [-0.1, -0.05) is 6.92 Å². The number of fused-ring (bicyclic) bond motifs is 1. The molecule has 0 aromatic carbocycles. The van der Waals surface area contributed by atoms with E-state index < -0.39 is 6.03 Å². The topological polar surface area (TPSA) is 138 Å². The number of aryl methyl sites for hydroxylation is 1. The van der Waals surface area contributed by atoms with Crippen molar-refractivity contribution in [2.24, 2.45) is 5.92 Å². The number of likely N-dealkylation sites (tertiary alicyclic amines) is 1. The number of anilines is 2. The lowest BCUT2D eigenvalue weighted by Gasteiger charge is -2.35. The first-order valence-electron chi connectivity index (χ1n) is 12.9. The van der Waals surface area contributed by atoms with Crippen LogP contribution in [0.1, 0.15) is 59.8 Å². The zero-order valence-electron chi connectivity index (χ0n) is 21.5. The van der Waals surface area contributed by atoms with Crippen LogP contribution >= 0.6 is 0 Å². The smallest absolute Gasteiger partial charge is 0.328 e. The van der Waals surface area contributed by atoms with Gasteiger partial charge in [-0.25, -0.2) is 14.8 Å². The van der Waals surface area contributed by atoms with E-state index in [-0.39, 0.29) is 41.1 Å². The quantitative estimate of drug-likeness (QED) is 0.552. The van der Waals surface area contributed by atoms with E-state index in [1.807, 2.05) is 13.0 Å². The number of nitrogens with zero attached hydrogens (tertiary/aromatic N) is 5. The van der Waals surface area contributed by atoms with Crippen molar-refractivity contribution < 1.29 is 23.9 Å². The minimum Gasteiger partial charge on any atom is -0.486 e. The second kappa shape index (κ2) is 10.8. The third-order valence-electron chi connectivity index (χ3n) is 7.51. The van der Waals surface area contributed by atoms with E-state index in [0.717, 1.165) is 31.2 Å². The molecule has 5 rings (SSSR count). The lowest BCUT2D eigenvalue weighted by molar-refractivity contribution is -0.131. The number of ether oxygens (including phenoxy) is 2. The van der Waals surface area contributed by atoms with E-state index in [9.17, 15) is 19.6 Å². The van der Waals surface area contributed by atoms with Crippen molar-refractivity contribution >= 4 is 29.9 Å². The van der Waals surface area contributed by atoms with Crippen LogP contribution in [0.5, 0.6) is 5.75 Å². The van der Waals surface area contributed by atoms with Gasteiger partial charge in [0.1, 0.15) is 40.8 Å². The van der Waals surface area contributed by atoms with Gasteiger partial charge in [-0.15, -0.1) is 0 Å². The molecule has 198 valence electrons. The molecule has 3 atom stereocenters. The molecule has 1 N–H and O–H groups in total. The fourth-order valence-corrected chi connectivity index (χ4v) is 5.11. The predicted molar refractivity (Wildman–Crippen MR) is 137 cm³/mol. The number of hydrogen-bond donors (Lipinski definition) is 1. The molecule has 2 aromatic rings. The molecular weight excluding hydrogens is 488 g/mol. The van der Waals surface area contributed by atoms with Crippen LogP contribution in [0.3, 0.4) is 0 Å². The number of carbonyl (C=O) groups excluding carboxylic acids is 3. The first-order chi connectivity index (χ1) is 18.4. The number of methoxy groups -OCH3 is 1. The van der Waals surface area contributed by atoms with Crippen LogP contribution in [-0.2, 0) is 22.5 Å². The Kier molecular flexibility index (Phi) is 7.24. The van der Waals surface area contributed by atoms with E-state index in [1.165, 1.54) is 17.2 Å². The summed E-state index contributed by atoms with van der Waals surface area (Å²) in [6.45, 7) is 3.31. The fraction of sp³-hybridized carbons (Fsp3) is 0.481. The van der Waals surface area contributed by atoms with Crippen LogP contribution in [0.25, 0.3) is 0 Å². The molecule has 11 heteroatoms. The molecule has 3 amide bonds. The van der Waals surface area contributed by atoms with Crippen LogP contribution in [0.4, 0.5) is 16.4 Å². The Balaban J connectivity index is 1.35. The van der Waals surface area contributed by atoms with Crippen LogP contribution in [-0.4, -0.2) is 65.5 Å². The van der Waals surface area contributed by atoms with Crippen molar-refractivity contribution in [2.45, 2.75) is 57.8 Å². The van der Waals surface area contributed by atoms with Crippen molar-refractivity contribution in [3.8, 4) is 11.8 Å². The van der Waals surface area contributed by atoms with Crippen LogP contribution in [0, 0.1) is 17.2 Å². The number of nitriles is 1. The minimum absolute atomic E-state index is 0.0173. The predicted octanol–water partition coefficient (Wildman–Crippen LogP) is 3.07. The summed E-state index contributed by atoms with van der Waals surface area (Å²) in [5.41, 5.74) is 2.02. The van der Waals surface area contributed by atoms with Gasteiger partial charge in [0.15, 0.2) is 6.29 Å². The molecule has 0 spiro atoms. The van der Waals surface area contributed by atoms with E-state index in [0.29, 0.717) is 49.5 Å². The number of carbonyl (C=O) groups is 3. The molecular formula is C27H30N6O5. The third kappa shape index (κ3) is 4.91. The van der Waals surface area contributed by atoms with Gasteiger partial charge in [0.2, 0.25) is 5.91 Å². The molecule has 2 fully saturated rings. The molecule has 0 bridgehead atoms. The maximum absolute atomic E-state index is 13.3. The zero-order chi connectivity index (χ0) is 26.8. The number of pyridine rings is 2. The highest BCUT2D eigenvalue weighted by atomic mass is 16.5. The molecule has 1 aliphatic carbocycles. The maximum atomic E-state index is 13.3. The van der Waals surface area contributed by atoms with Crippen molar-refractivity contribution in [1.82, 2.24) is 14.9 Å². The summed E-state index contributed by atoms with van der Waals surface area (Å²) in [7, 11) is 1.62. The molecule has 11 nitrogen and oxygen atoms in total. The molecule has 38 heavy (non-hydrogen) atoms. The molecule has 1 saturated carbocycles. The summed E-state index contributed by atoms with van der Waals surface area (Å²) in [6, 6.07) is 5.04. The Bertz CT molecular complexity index is 1310. The Morgan fingerprint density at radius 3 is 2.74 bits per heavy atom. The summed E-state index contributed by atoms with van der Waals surface area (Å²) in [5, 5.41) is 12.2. The number of urea groups is 1. The summed E-state index contributed by atoms with van der Waals surface area (Å²) in [6.07, 6.45) is 5.76. The number of rotatable bonds is 7. The Labute approximate surface area is 220 Å². The molecule has 2 aromatic heterocycles.